The molecule has 1 heterocycles. The van der Waals surface area contributed by atoms with Gasteiger partial charge < -0.3 is 19.7 Å². The summed E-state index contributed by atoms with van der Waals surface area (Å²) in [6, 6.07) is 5.00. The molecule has 21 heavy (non-hydrogen) atoms. The third kappa shape index (κ3) is 3.65. The molecule has 0 spiro atoms. The van der Waals surface area contributed by atoms with Gasteiger partial charge in [0.05, 0.1) is 19.9 Å². The summed E-state index contributed by atoms with van der Waals surface area (Å²) in [7, 11) is 3.05. The Labute approximate surface area is 124 Å². The number of amides is 2. The van der Waals surface area contributed by atoms with Crippen molar-refractivity contribution in [3.63, 3.8) is 0 Å². The smallest absolute Gasteiger partial charge is 0.314 e. The molecule has 0 aromatic heterocycles. The van der Waals surface area contributed by atoms with E-state index in [0.29, 0.717) is 30.3 Å². The highest BCUT2D eigenvalue weighted by Crippen LogP contribution is 2.29. The Bertz CT molecular complexity index is 524. The van der Waals surface area contributed by atoms with Crippen molar-refractivity contribution in [3.05, 3.63) is 18.2 Å². The molecule has 2 rings (SSSR count). The van der Waals surface area contributed by atoms with Crippen molar-refractivity contribution in [2.75, 3.05) is 32.6 Å². The van der Waals surface area contributed by atoms with Crippen molar-refractivity contribution in [1.29, 1.82) is 0 Å². The van der Waals surface area contributed by atoms with Gasteiger partial charge in [-0.3, -0.25) is 9.59 Å². The molecule has 1 N–H and O–H groups in total. The van der Waals surface area contributed by atoms with Gasteiger partial charge in [0.15, 0.2) is 0 Å². The number of piperidine rings is 1. The van der Waals surface area contributed by atoms with E-state index in [0.717, 1.165) is 19.3 Å². The lowest BCUT2D eigenvalue weighted by atomic mass is 10.1. The number of nitrogens with one attached hydrogen (secondary N) is 1. The van der Waals surface area contributed by atoms with Gasteiger partial charge in [-0.1, -0.05) is 0 Å². The van der Waals surface area contributed by atoms with E-state index in [1.165, 1.54) is 7.11 Å². The van der Waals surface area contributed by atoms with Crippen molar-refractivity contribution in [2.24, 2.45) is 0 Å². The molecule has 6 nitrogen and oxygen atoms in total. The molecule has 0 radical (unpaired) electrons. The Morgan fingerprint density at radius 2 is 1.81 bits per heavy atom. The maximum Gasteiger partial charge on any atom is 0.314 e. The van der Waals surface area contributed by atoms with Crippen molar-refractivity contribution in [3.8, 4) is 11.5 Å². The first kappa shape index (κ1) is 15.2. The Morgan fingerprint density at radius 1 is 1.10 bits per heavy atom. The molecule has 6 heteroatoms. The Morgan fingerprint density at radius 3 is 2.43 bits per heavy atom. The number of benzene rings is 1. The largest absolute Gasteiger partial charge is 0.497 e. The van der Waals surface area contributed by atoms with Crippen LogP contribution in [0.15, 0.2) is 18.2 Å². The van der Waals surface area contributed by atoms with Gasteiger partial charge in [-0.15, -0.1) is 0 Å². The fraction of sp³-hybridized carbons (Fsp3) is 0.467. The number of carbonyl (C=O) groups is 2. The van der Waals surface area contributed by atoms with Gasteiger partial charge in [0.2, 0.25) is 0 Å². The lowest BCUT2D eigenvalue weighted by Crippen LogP contribution is -2.42. The lowest BCUT2D eigenvalue weighted by molar-refractivity contribution is -0.143. The topological polar surface area (TPSA) is 67.9 Å². The molecular formula is C15H20N2O4. The fourth-order valence-corrected chi connectivity index (χ4v) is 2.32. The summed E-state index contributed by atoms with van der Waals surface area (Å²) < 4.78 is 10.3. The molecule has 0 atom stereocenters. The number of hydrogen-bond acceptors (Lipinski definition) is 4. The van der Waals surface area contributed by atoms with Crippen LogP contribution >= 0.6 is 0 Å². The molecule has 0 unspecified atom stereocenters. The van der Waals surface area contributed by atoms with Crippen LogP contribution < -0.4 is 14.8 Å². The minimum Gasteiger partial charge on any atom is -0.497 e. The molecule has 0 saturated carbocycles. The fourth-order valence-electron chi connectivity index (χ4n) is 2.32. The molecule has 0 aliphatic carbocycles. The molecular weight excluding hydrogens is 272 g/mol. The third-order valence-electron chi connectivity index (χ3n) is 3.49. The lowest BCUT2D eigenvalue weighted by Gasteiger charge is -2.26. The molecule has 114 valence electrons. The predicted octanol–water partition coefficient (Wildman–Crippen LogP) is 1.65. The van der Waals surface area contributed by atoms with E-state index in [1.54, 1.807) is 30.2 Å². The van der Waals surface area contributed by atoms with Crippen LogP contribution in [0.25, 0.3) is 0 Å². The van der Waals surface area contributed by atoms with Gasteiger partial charge in [-0.05, 0) is 31.4 Å². The zero-order chi connectivity index (χ0) is 15.2. The monoisotopic (exact) mass is 292 g/mol. The van der Waals surface area contributed by atoms with Crippen LogP contribution in [-0.4, -0.2) is 44.0 Å². The maximum atomic E-state index is 12.1. The van der Waals surface area contributed by atoms with Crippen molar-refractivity contribution < 1.29 is 19.1 Å². The summed E-state index contributed by atoms with van der Waals surface area (Å²) in [5.41, 5.74) is 0.452. The Balaban J connectivity index is 2.06. The number of hydrogen-bond donors (Lipinski definition) is 1. The van der Waals surface area contributed by atoms with Crippen molar-refractivity contribution >= 4 is 17.5 Å². The van der Waals surface area contributed by atoms with Crippen LogP contribution in [0.3, 0.4) is 0 Å². The van der Waals surface area contributed by atoms with E-state index < -0.39 is 11.8 Å². The van der Waals surface area contributed by atoms with Crippen molar-refractivity contribution in [1.82, 2.24) is 4.90 Å². The third-order valence-corrected chi connectivity index (χ3v) is 3.49. The maximum absolute atomic E-state index is 12.1. The second-order valence-corrected chi connectivity index (χ2v) is 4.87. The van der Waals surface area contributed by atoms with Crippen molar-refractivity contribution in [2.45, 2.75) is 19.3 Å². The molecule has 1 saturated heterocycles. The van der Waals surface area contributed by atoms with Crippen LogP contribution in [-0.2, 0) is 9.59 Å². The average molecular weight is 292 g/mol. The van der Waals surface area contributed by atoms with Crippen LogP contribution in [0.2, 0.25) is 0 Å². The zero-order valence-electron chi connectivity index (χ0n) is 12.3. The van der Waals surface area contributed by atoms with Gasteiger partial charge in [0.25, 0.3) is 0 Å². The number of likely N-dealkylation sites (tertiary alicyclic amines) is 1. The molecule has 1 aliphatic heterocycles. The summed E-state index contributed by atoms with van der Waals surface area (Å²) in [5, 5.41) is 2.60. The minimum absolute atomic E-state index is 0.452. The van der Waals surface area contributed by atoms with Crippen LogP contribution in [0, 0.1) is 0 Å². The molecule has 1 aromatic rings. The number of nitrogens with zero attached hydrogens (tertiary/aromatic N) is 1. The summed E-state index contributed by atoms with van der Waals surface area (Å²) in [6.45, 7) is 1.29. The Hall–Kier alpha value is -2.24. The second-order valence-electron chi connectivity index (χ2n) is 4.87. The first-order chi connectivity index (χ1) is 10.2. The average Bonchev–Trinajstić information content (AvgIpc) is 2.55. The van der Waals surface area contributed by atoms with Gasteiger partial charge in [-0.2, -0.15) is 0 Å². The second kappa shape index (κ2) is 6.97. The summed E-state index contributed by atoms with van der Waals surface area (Å²) in [4.78, 5) is 25.7. The zero-order valence-corrected chi connectivity index (χ0v) is 12.3. The van der Waals surface area contributed by atoms with Gasteiger partial charge in [0.1, 0.15) is 11.5 Å². The van der Waals surface area contributed by atoms with E-state index in [4.69, 9.17) is 9.47 Å². The van der Waals surface area contributed by atoms with E-state index in [-0.39, 0.29) is 0 Å². The quantitative estimate of drug-likeness (QED) is 0.860. The summed E-state index contributed by atoms with van der Waals surface area (Å²) in [5.74, 6) is -0.0608. The van der Waals surface area contributed by atoms with E-state index in [9.17, 15) is 9.59 Å². The van der Waals surface area contributed by atoms with Gasteiger partial charge in [-0.25, -0.2) is 0 Å². The highest BCUT2D eigenvalue weighted by atomic mass is 16.5. The standard InChI is InChI=1S/C15H20N2O4/c1-20-11-6-7-12(13(10-11)21-2)16-14(18)15(19)17-8-4-3-5-9-17/h6-7,10H,3-5,8-9H2,1-2H3,(H,16,18). The van der Waals surface area contributed by atoms with E-state index in [2.05, 4.69) is 5.32 Å². The molecule has 2 amide bonds. The van der Waals surface area contributed by atoms with Crippen LogP contribution in [0.4, 0.5) is 5.69 Å². The number of carbonyl (C=O) groups excluding carboxylic acids is 2. The molecule has 1 fully saturated rings. The normalized spacial score (nSPS) is 14.5. The highest BCUT2D eigenvalue weighted by molar-refractivity contribution is 6.39. The molecule has 0 bridgehead atoms. The predicted molar refractivity (Wildman–Crippen MR) is 78.6 cm³/mol. The molecule has 1 aromatic carbocycles. The van der Waals surface area contributed by atoms with Gasteiger partial charge >= 0.3 is 11.8 Å². The van der Waals surface area contributed by atoms with Crippen LogP contribution in [0.1, 0.15) is 19.3 Å². The molecule has 1 aliphatic rings. The Kier molecular flexibility index (Phi) is 5.03. The van der Waals surface area contributed by atoms with E-state index in [1.807, 2.05) is 0 Å². The van der Waals surface area contributed by atoms with E-state index >= 15 is 0 Å². The number of rotatable bonds is 3. The number of methoxy groups -OCH3 is 2. The minimum atomic E-state index is -0.639. The first-order valence-electron chi connectivity index (χ1n) is 6.98. The SMILES string of the molecule is COc1ccc(NC(=O)C(=O)N2CCCCC2)c(OC)c1. The van der Waals surface area contributed by atoms with Gasteiger partial charge in [0, 0.05) is 19.2 Å². The number of anilines is 1. The van der Waals surface area contributed by atoms with Crippen LogP contribution in [0.5, 0.6) is 11.5 Å². The summed E-state index contributed by atoms with van der Waals surface area (Å²) in [6.07, 6.45) is 3.01. The highest BCUT2D eigenvalue weighted by Gasteiger charge is 2.24. The summed E-state index contributed by atoms with van der Waals surface area (Å²) >= 11 is 0. The first-order valence-corrected chi connectivity index (χ1v) is 6.98. The number of ether oxygens (including phenoxy) is 2.